The van der Waals surface area contributed by atoms with E-state index in [1.165, 1.54) is 4.90 Å². The van der Waals surface area contributed by atoms with Crippen molar-refractivity contribution in [3.05, 3.63) is 29.3 Å². The van der Waals surface area contributed by atoms with E-state index in [-0.39, 0.29) is 18.2 Å². The molecular formula is C27H45N3O5. The van der Waals surface area contributed by atoms with E-state index in [0.717, 1.165) is 0 Å². The van der Waals surface area contributed by atoms with E-state index in [9.17, 15) is 19.5 Å². The van der Waals surface area contributed by atoms with Gasteiger partial charge in [-0.05, 0) is 72.8 Å². The topological polar surface area (TPSA) is 108 Å². The molecule has 0 saturated heterocycles. The monoisotopic (exact) mass is 491 g/mol. The van der Waals surface area contributed by atoms with Crippen LogP contribution in [0.1, 0.15) is 92.3 Å². The van der Waals surface area contributed by atoms with Crippen molar-refractivity contribution >= 4 is 17.9 Å². The van der Waals surface area contributed by atoms with Gasteiger partial charge in [-0.1, -0.05) is 39.0 Å². The van der Waals surface area contributed by atoms with Gasteiger partial charge in [-0.3, -0.25) is 9.59 Å². The fourth-order valence-corrected chi connectivity index (χ4v) is 3.74. The number of nitrogens with zero attached hydrogens (tertiary/aromatic N) is 1. The van der Waals surface area contributed by atoms with Gasteiger partial charge in [-0.15, -0.1) is 0 Å². The van der Waals surface area contributed by atoms with Crippen molar-refractivity contribution in [1.29, 1.82) is 0 Å². The molecule has 0 bridgehead atoms. The summed E-state index contributed by atoms with van der Waals surface area (Å²) in [5.41, 5.74) is -0.331. The number of rotatable bonds is 9. The number of nitrogens with one attached hydrogen (secondary N) is 2. The highest BCUT2D eigenvalue weighted by molar-refractivity contribution is 5.92. The molecule has 8 heteroatoms. The van der Waals surface area contributed by atoms with Gasteiger partial charge in [0.25, 0.3) is 0 Å². The fraction of sp³-hybridized carbons (Fsp3) is 0.667. The highest BCUT2D eigenvalue weighted by Crippen LogP contribution is 2.33. The predicted octanol–water partition coefficient (Wildman–Crippen LogP) is 4.83. The summed E-state index contributed by atoms with van der Waals surface area (Å²) in [6.07, 6.45) is 0.256. The SMILES string of the molecule is CCCN(C(=O)C(CC(C)C)NC(=O)OC(C)(C)C)C(C(=O)NC(C)(C)C)c1cccc(C)c1O. The van der Waals surface area contributed by atoms with E-state index in [0.29, 0.717) is 24.0 Å². The Morgan fingerprint density at radius 2 is 1.69 bits per heavy atom. The van der Waals surface area contributed by atoms with E-state index >= 15 is 0 Å². The van der Waals surface area contributed by atoms with Gasteiger partial charge in [-0.2, -0.15) is 0 Å². The Hall–Kier alpha value is -2.77. The number of alkyl carbamates (subject to hydrolysis) is 1. The number of aryl methyl sites for hydroxylation is 1. The van der Waals surface area contributed by atoms with Crippen LogP contribution < -0.4 is 10.6 Å². The summed E-state index contributed by atoms with van der Waals surface area (Å²) in [4.78, 5) is 41.5. The molecule has 35 heavy (non-hydrogen) atoms. The maximum absolute atomic E-state index is 13.9. The standard InChI is InChI=1S/C27H45N3O5/c1-11-15-30(24(33)20(16-17(2)3)28-25(34)35-27(8,9)10)21(23(32)29-26(5,6)7)19-14-12-13-18(4)22(19)31/h12-14,17,20-21,31H,11,15-16H2,1-10H3,(H,28,34)(H,29,32). The van der Waals surface area contributed by atoms with Crippen LogP contribution in [0.3, 0.4) is 0 Å². The lowest BCUT2D eigenvalue weighted by Crippen LogP contribution is -2.55. The molecule has 0 aliphatic heterocycles. The Kier molecular flexibility index (Phi) is 10.6. The fourth-order valence-electron chi connectivity index (χ4n) is 3.74. The lowest BCUT2D eigenvalue weighted by atomic mass is 9.96. The maximum Gasteiger partial charge on any atom is 0.408 e. The van der Waals surface area contributed by atoms with Gasteiger partial charge < -0.3 is 25.4 Å². The summed E-state index contributed by atoms with van der Waals surface area (Å²) in [5.74, 6) is -0.741. The molecule has 2 unspecified atom stereocenters. The van der Waals surface area contributed by atoms with Crippen LogP contribution in [0.4, 0.5) is 4.79 Å². The molecule has 0 spiro atoms. The normalized spacial score (nSPS) is 13.7. The molecule has 2 atom stereocenters. The highest BCUT2D eigenvalue weighted by atomic mass is 16.6. The summed E-state index contributed by atoms with van der Waals surface area (Å²) < 4.78 is 5.39. The molecule has 1 rings (SSSR count). The zero-order chi connectivity index (χ0) is 27.1. The highest BCUT2D eigenvalue weighted by Gasteiger charge is 2.38. The number of carbonyl (C=O) groups excluding carboxylic acids is 3. The molecule has 0 fully saturated rings. The number of phenols is 1. The van der Waals surface area contributed by atoms with Gasteiger partial charge in [0.2, 0.25) is 11.8 Å². The molecule has 0 saturated carbocycles. The molecule has 0 heterocycles. The van der Waals surface area contributed by atoms with Gasteiger partial charge in [-0.25, -0.2) is 4.79 Å². The minimum absolute atomic E-state index is 0.0315. The van der Waals surface area contributed by atoms with Crippen LogP contribution in [-0.2, 0) is 14.3 Å². The number of para-hydroxylation sites is 1. The van der Waals surface area contributed by atoms with Crippen molar-refractivity contribution < 1.29 is 24.2 Å². The van der Waals surface area contributed by atoms with Crippen LogP contribution in [0.5, 0.6) is 5.75 Å². The van der Waals surface area contributed by atoms with E-state index in [1.54, 1.807) is 45.9 Å². The lowest BCUT2D eigenvalue weighted by molar-refractivity contribution is -0.143. The summed E-state index contributed by atoms with van der Waals surface area (Å²) in [5, 5.41) is 16.5. The summed E-state index contributed by atoms with van der Waals surface area (Å²) >= 11 is 0. The summed E-state index contributed by atoms with van der Waals surface area (Å²) in [6.45, 7) is 18.7. The van der Waals surface area contributed by atoms with Crippen LogP contribution in [-0.4, -0.2) is 51.6 Å². The number of aromatic hydroxyl groups is 1. The number of phenolic OH excluding ortho intramolecular Hbond substituents is 1. The number of benzene rings is 1. The summed E-state index contributed by atoms with van der Waals surface area (Å²) in [6, 6.07) is 3.19. The van der Waals surface area contributed by atoms with Gasteiger partial charge in [0.15, 0.2) is 0 Å². The molecule has 3 amide bonds. The van der Waals surface area contributed by atoms with E-state index < -0.39 is 41.1 Å². The third-order valence-corrected chi connectivity index (χ3v) is 5.07. The zero-order valence-electron chi connectivity index (χ0n) is 23.1. The lowest BCUT2D eigenvalue weighted by Gasteiger charge is -2.36. The van der Waals surface area contributed by atoms with E-state index in [1.807, 2.05) is 41.5 Å². The molecule has 1 aromatic carbocycles. The first-order valence-corrected chi connectivity index (χ1v) is 12.4. The number of hydrogen-bond acceptors (Lipinski definition) is 5. The second-order valence-electron chi connectivity index (χ2n) is 11.5. The minimum atomic E-state index is -1.07. The average molecular weight is 492 g/mol. The first-order valence-electron chi connectivity index (χ1n) is 12.4. The van der Waals surface area contributed by atoms with Gasteiger partial charge in [0.1, 0.15) is 23.4 Å². The van der Waals surface area contributed by atoms with E-state index in [2.05, 4.69) is 10.6 Å². The Labute approximate surface area is 210 Å². The van der Waals surface area contributed by atoms with Gasteiger partial charge >= 0.3 is 6.09 Å². The van der Waals surface area contributed by atoms with Gasteiger partial charge in [0.05, 0.1) is 0 Å². The second-order valence-corrected chi connectivity index (χ2v) is 11.5. The third-order valence-electron chi connectivity index (χ3n) is 5.07. The first kappa shape index (κ1) is 30.3. The van der Waals surface area contributed by atoms with Crippen molar-refractivity contribution in [2.24, 2.45) is 5.92 Å². The van der Waals surface area contributed by atoms with Gasteiger partial charge in [0, 0.05) is 17.6 Å². The van der Waals surface area contributed by atoms with E-state index in [4.69, 9.17) is 4.74 Å². The number of carbonyl (C=O) groups is 3. The van der Waals surface area contributed by atoms with Crippen molar-refractivity contribution in [3.8, 4) is 5.75 Å². The molecular weight excluding hydrogens is 446 g/mol. The second kappa shape index (κ2) is 12.3. The van der Waals surface area contributed by atoms with Crippen LogP contribution >= 0.6 is 0 Å². The Morgan fingerprint density at radius 1 is 1.09 bits per heavy atom. The Bertz CT molecular complexity index is 884. The Balaban J connectivity index is 3.54. The number of hydrogen-bond donors (Lipinski definition) is 3. The molecule has 0 aliphatic carbocycles. The van der Waals surface area contributed by atoms with Crippen molar-refractivity contribution in [1.82, 2.24) is 15.5 Å². The number of amides is 3. The number of ether oxygens (including phenoxy) is 1. The van der Waals surface area contributed by atoms with Crippen LogP contribution in [0.2, 0.25) is 0 Å². The zero-order valence-corrected chi connectivity index (χ0v) is 23.1. The first-order chi connectivity index (χ1) is 16.0. The van der Waals surface area contributed by atoms with Crippen LogP contribution in [0, 0.1) is 12.8 Å². The van der Waals surface area contributed by atoms with Crippen LogP contribution in [0.15, 0.2) is 18.2 Å². The average Bonchev–Trinajstić information content (AvgIpc) is 2.66. The molecule has 0 aliphatic rings. The van der Waals surface area contributed by atoms with Crippen molar-refractivity contribution in [2.75, 3.05) is 6.54 Å². The van der Waals surface area contributed by atoms with Crippen molar-refractivity contribution in [2.45, 2.75) is 105 Å². The summed E-state index contributed by atoms with van der Waals surface area (Å²) in [7, 11) is 0. The van der Waals surface area contributed by atoms with Crippen LogP contribution in [0.25, 0.3) is 0 Å². The molecule has 0 aromatic heterocycles. The maximum atomic E-state index is 13.9. The molecule has 0 radical (unpaired) electrons. The largest absolute Gasteiger partial charge is 0.507 e. The minimum Gasteiger partial charge on any atom is -0.507 e. The van der Waals surface area contributed by atoms with Crippen molar-refractivity contribution in [3.63, 3.8) is 0 Å². The molecule has 198 valence electrons. The smallest absolute Gasteiger partial charge is 0.408 e. The molecule has 1 aromatic rings. The molecule has 3 N–H and O–H groups in total. The molecule has 8 nitrogen and oxygen atoms in total. The Morgan fingerprint density at radius 3 is 2.17 bits per heavy atom. The predicted molar refractivity (Wildman–Crippen MR) is 138 cm³/mol. The third kappa shape index (κ3) is 9.78. The quantitative estimate of drug-likeness (QED) is 0.458.